The highest BCUT2D eigenvalue weighted by Crippen LogP contribution is 2.43. The molecular weight excluding hydrogens is 347 g/mol. The van der Waals surface area contributed by atoms with Crippen LogP contribution in [0.3, 0.4) is 0 Å². The number of halogens is 1. The monoisotopic (exact) mass is 370 g/mol. The summed E-state index contributed by atoms with van der Waals surface area (Å²) in [6.45, 7) is 1.79. The van der Waals surface area contributed by atoms with Crippen molar-refractivity contribution in [2.75, 3.05) is 19.0 Å². The van der Waals surface area contributed by atoms with Crippen LogP contribution in [0.2, 0.25) is 0 Å². The number of hydrogen-bond donors (Lipinski definition) is 2. The number of amides is 2. The molecule has 6 heteroatoms. The molecule has 0 heterocycles. The van der Waals surface area contributed by atoms with E-state index >= 15 is 0 Å². The van der Waals surface area contributed by atoms with Crippen LogP contribution in [0.15, 0.2) is 42.5 Å². The first-order valence-electron chi connectivity index (χ1n) is 8.93. The van der Waals surface area contributed by atoms with Crippen molar-refractivity contribution in [1.29, 1.82) is 0 Å². The molecule has 142 valence electrons. The van der Waals surface area contributed by atoms with Gasteiger partial charge in [-0.25, -0.2) is 4.39 Å². The average molecular weight is 370 g/mol. The first kappa shape index (κ1) is 18.9. The van der Waals surface area contributed by atoms with E-state index in [9.17, 15) is 14.0 Å². The minimum Gasteiger partial charge on any atom is -0.497 e. The van der Waals surface area contributed by atoms with Crippen LogP contribution in [0.4, 0.5) is 10.1 Å². The number of hydrogen-bond acceptors (Lipinski definition) is 3. The second-order valence-electron chi connectivity index (χ2n) is 6.92. The fourth-order valence-electron chi connectivity index (χ4n) is 3.44. The largest absolute Gasteiger partial charge is 0.497 e. The van der Waals surface area contributed by atoms with Crippen LogP contribution in [-0.2, 0) is 10.2 Å². The highest BCUT2D eigenvalue weighted by Gasteiger charge is 2.39. The number of nitrogens with one attached hydrogen (secondary N) is 2. The van der Waals surface area contributed by atoms with Crippen LogP contribution in [-0.4, -0.2) is 25.5 Å². The Bertz CT molecular complexity index is 845. The molecule has 1 aliphatic carbocycles. The summed E-state index contributed by atoms with van der Waals surface area (Å²) in [7, 11) is 1.62. The number of carbonyl (C=O) groups excluding carboxylic acids is 2. The Kier molecular flexibility index (Phi) is 5.44. The summed E-state index contributed by atoms with van der Waals surface area (Å²) in [5.41, 5.74) is 1.32. The Labute approximate surface area is 157 Å². The van der Waals surface area contributed by atoms with E-state index in [4.69, 9.17) is 4.74 Å². The molecule has 1 aliphatic rings. The third kappa shape index (κ3) is 4.10. The number of ether oxygens (including phenoxy) is 1. The Morgan fingerprint density at radius 2 is 1.85 bits per heavy atom. The van der Waals surface area contributed by atoms with Crippen molar-refractivity contribution in [2.24, 2.45) is 0 Å². The maximum atomic E-state index is 14.1. The summed E-state index contributed by atoms with van der Waals surface area (Å²) in [5.74, 6) is -0.594. The Morgan fingerprint density at radius 3 is 2.41 bits per heavy atom. The van der Waals surface area contributed by atoms with Crippen molar-refractivity contribution >= 4 is 17.5 Å². The second-order valence-corrected chi connectivity index (χ2v) is 6.92. The van der Waals surface area contributed by atoms with Crippen molar-refractivity contribution in [3.8, 4) is 5.75 Å². The van der Waals surface area contributed by atoms with Gasteiger partial charge in [0.05, 0.1) is 12.7 Å². The van der Waals surface area contributed by atoms with Crippen LogP contribution in [0.25, 0.3) is 0 Å². The standard InChI is InChI=1S/C21H23FN2O3/c1-14(25)24-16-6-9-19(22)18(12-16)20(26)23-13-21(10-3-11-21)15-4-7-17(27-2)8-5-15/h4-9,12H,3,10-11,13H2,1-2H3,(H,23,26)(H,24,25). The molecule has 0 unspecified atom stereocenters. The van der Waals surface area contributed by atoms with Gasteiger partial charge in [-0.05, 0) is 48.7 Å². The molecule has 0 atom stereocenters. The summed E-state index contributed by atoms with van der Waals surface area (Å²) in [6, 6.07) is 11.8. The first-order chi connectivity index (χ1) is 12.9. The number of benzene rings is 2. The van der Waals surface area contributed by atoms with Gasteiger partial charge in [-0.2, -0.15) is 0 Å². The SMILES string of the molecule is COc1ccc(C2(CNC(=O)c3cc(NC(C)=O)ccc3F)CCC2)cc1. The predicted octanol–water partition coefficient (Wildman–Crippen LogP) is 3.64. The average Bonchev–Trinajstić information content (AvgIpc) is 2.62. The zero-order valence-electron chi connectivity index (χ0n) is 15.5. The van der Waals surface area contributed by atoms with Gasteiger partial charge in [-0.15, -0.1) is 0 Å². The lowest BCUT2D eigenvalue weighted by Crippen LogP contribution is -2.45. The van der Waals surface area contributed by atoms with E-state index in [1.165, 1.54) is 25.1 Å². The van der Waals surface area contributed by atoms with Gasteiger partial charge in [-0.1, -0.05) is 18.6 Å². The molecule has 0 aromatic heterocycles. The van der Waals surface area contributed by atoms with Crippen LogP contribution >= 0.6 is 0 Å². The molecule has 2 N–H and O–H groups in total. The third-order valence-electron chi connectivity index (χ3n) is 5.13. The smallest absolute Gasteiger partial charge is 0.254 e. The highest BCUT2D eigenvalue weighted by molar-refractivity contribution is 5.97. The Hall–Kier alpha value is -2.89. The Balaban J connectivity index is 1.73. The van der Waals surface area contributed by atoms with E-state index in [-0.39, 0.29) is 16.9 Å². The molecule has 27 heavy (non-hydrogen) atoms. The molecule has 2 amide bonds. The van der Waals surface area contributed by atoms with Crippen molar-refractivity contribution in [1.82, 2.24) is 5.32 Å². The lowest BCUT2D eigenvalue weighted by Gasteiger charge is -2.42. The number of carbonyl (C=O) groups is 2. The summed E-state index contributed by atoms with van der Waals surface area (Å²) in [5, 5.41) is 5.43. The van der Waals surface area contributed by atoms with Gasteiger partial charge < -0.3 is 15.4 Å². The molecule has 2 aromatic carbocycles. The van der Waals surface area contributed by atoms with Crippen LogP contribution in [0.5, 0.6) is 5.75 Å². The van der Waals surface area contributed by atoms with Gasteiger partial charge in [0.25, 0.3) is 5.91 Å². The number of anilines is 1. The zero-order chi connectivity index (χ0) is 19.4. The number of rotatable bonds is 6. The summed E-state index contributed by atoms with van der Waals surface area (Å²) in [4.78, 5) is 23.7. The third-order valence-corrected chi connectivity index (χ3v) is 5.13. The Morgan fingerprint density at radius 1 is 1.15 bits per heavy atom. The van der Waals surface area contributed by atoms with E-state index in [0.717, 1.165) is 30.6 Å². The van der Waals surface area contributed by atoms with Crippen molar-refractivity contribution in [3.63, 3.8) is 0 Å². The molecular formula is C21H23FN2O3. The lowest BCUT2D eigenvalue weighted by atomic mass is 9.64. The van der Waals surface area contributed by atoms with Gasteiger partial charge in [0.15, 0.2) is 0 Å². The molecule has 1 saturated carbocycles. The fraction of sp³-hybridized carbons (Fsp3) is 0.333. The highest BCUT2D eigenvalue weighted by atomic mass is 19.1. The van der Waals surface area contributed by atoms with E-state index in [0.29, 0.717) is 12.2 Å². The van der Waals surface area contributed by atoms with Gasteiger partial charge >= 0.3 is 0 Å². The molecule has 0 spiro atoms. The number of methoxy groups -OCH3 is 1. The molecule has 0 saturated heterocycles. The molecule has 0 aliphatic heterocycles. The van der Waals surface area contributed by atoms with E-state index in [1.807, 2.05) is 24.3 Å². The first-order valence-corrected chi connectivity index (χ1v) is 8.93. The molecule has 1 fully saturated rings. The van der Waals surface area contributed by atoms with Gasteiger partial charge in [-0.3, -0.25) is 9.59 Å². The van der Waals surface area contributed by atoms with Crippen molar-refractivity contribution in [2.45, 2.75) is 31.6 Å². The van der Waals surface area contributed by atoms with Crippen LogP contribution in [0.1, 0.15) is 42.1 Å². The van der Waals surface area contributed by atoms with Gasteiger partial charge in [0, 0.05) is 24.6 Å². The van der Waals surface area contributed by atoms with Crippen molar-refractivity contribution < 1.29 is 18.7 Å². The van der Waals surface area contributed by atoms with Crippen LogP contribution < -0.4 is 15.4 Å². The summed E-state index contributed by atoms with van der Waals surface area (Å²) < 4.78 is 19.3. The maximum absolute atomic E-state index is 14.1. The molecule has 2 aromatic rings. The van der Waals surface area contributed by atoms with Crippen molar-refractivity contribution in [3.05, 3.63) is 59.4 Å². The fourth-order valence-corrected chi connectivity index (χ4v) is 3.44. The maximum Gasteiger partial charge on any atom is 0.254 e. The van der Waals surface area contributed by atoms with E-state index in [2.05, 4.69) is 10.6 Å². The lowest BCUT2D eigenvalue weighted by molar-refractivity contribution is -0.114. The molecule has 5 nitrogen and oxygen atoms in total. The minimum atomic E-state index is -0.617. The molecule has 0 bridgehead atoms. The predicted molar refractivity (Wildman–Crippen MR) is 102 cm³/mol. The summed E-state index contributed by atoms with van der Waals surface area (Å²) >= 11 is 0. The quantitative estimate of drug-likeness (QED) is 0.816. The zero-order valence-corrected chi connectivity index (χ0v) is 15.5. The van der Waals surface area contributed by atoms with E-state index in [1.54, 1.807) is 7.11 Å². The summed E-state index contributed by atoms with van der Waals surface area (Å²) in [6.07, 6.45) is 3.02. The van der Waals surface area contributed by atoms with Crippen LogP contribution in [0, 0.1) is 5.82 Å². The normalized spacial score (nSPS) is 14.8. The van der Waals surface area contributed by atoms with E-state index < -0.39 is 11.7 Å². The van der Waals surface area contributed by atoms with Gasteiger partial charge in [0.1, 0.15) is 11.6 Å². The minimum absolute atomic E-state index is 0.0783. The van der Waals surface area contributed by atoms with Gasteiger partial charge in [0.2, 0.25) is 5.91 Å². The molecule has 3 rings (SSSR count). The molecule has 0 radical (unpaired) electrons. The second kappa shape index (κ2) is 7.78. The topological polar surface area (TPSA) is 67.4 Å².